The predicted octanol–water partition coefficient (Wildman–Crippen LogP) is 4.08. The monoisotopic (exact) mass is 365 g/mol. The Morgan fingerprint density at radius 1 is 1.52 bits per heavy atom. The van der Waals surface area contributed by atoms with Gasteiger partial charge in [0.25, 0.3) is 5.56 Å². The van der Waals surface area contributed by atoms with Crippen LogP contribution in [0.1, 0.15) is 65.2 Å². The highest BCUT2D eigenvalue weighted by Crippen LogP contribution is 2.32. The number of aromatic amines is 1. The van der Waals surface area contributed by atoms with E-state index < -0.39 is 0 Å². The Labute approximate surface area is 155 Å². The van der Waals surface area contributed by atoms with Crippen molar-refractivity contribution in [2.75, 3.05) is 6.54 Å². The molecule has 2 N–H and O–H groups in total. The summed E-state index contributed by atoms with van der Waals surface area (Å²) in [6, 6.07) is 0. The van der Waals surface area contributed by atoms with Crippen molar-refractivity contribution in [3.8, 4) is 0 Å². The van der Waals surface area contributed by atoms with E-state index in [-0.39, 0.29) is 17.9 Å². The maximum Gasteiger partial charge on any atom is 0.256 e. The van der Waals surface area contributed by atoms with Gasteiger partial charge in [-0.25, -0.2) is 0 Å². The molecule has 2 unspecified atom stereocenters. The molecule has 0 aromatic carbocycles. The summed E-state index contributed by atoms with van der Waals surface area (Å²) >= 11 is 5.35. The molecule has 140 valence electrons. The molecule has 2 rings (SSSR count). The van der Waals surface area contributed by atoms with E-state index in [1.807, 2.05) is 10.8 Å². The third-order valence-electron chi connectivity index (χ3n) is 4.77. The molecule has 1 fully saturated rings. The summed E-state index contributed by atoms with van der Waals surface area (Å²) in [6.45, 7) is 9.84. The van der Waals surface area contributed by atoms with Gasteiger partial charge in [-0.05, 0) is 51.2 Å². The van der Waals surface area contributed by atoms with Crippen molar-refractivity contribution in [3.63, 3.8) is 0 Å². The lowest BCUT2D eigenvalue weighted by Crippen LogP contribution is -2.25. The highest BCUT2D eigenvalue weighted by atomic mass is 32.1. The number of allylic oxidation sites excluding steroid dienone is 1. The topological polar surface area (TPSA) is 59.0 Å². The Bertz CT molecular complexity index is 703. The van der Waals surface area contributed by atoms with E-state index in [1.54, 1.807) is 0 Å². The molecule has 6 heteroatoms. The van der Waals surface area contributed by atoms with Crippen LogP contribution in [0.2, 0.25) is 0 Å². The van der Waals surface area contributed by atoms with Gasteiger partial charge in [0, 0.05) is 24.8 Å². The molecule has 1 saturated heterocycles. The van der Waals surface area contributed by atoms with Crippen LogP contribution in [0.4, 0.5) is 0 Å². The minimum absolute atomic E-state index is 0.0741. The van der Waals surface area contributed by atoms with Crippen LogP contribution >= 0.6 is 12.2 Å². The lowest BCUT2D eigenvalue weighted by molar-refractivity contribution is -0.00927. The smallest absolute Gasteiger partial charge is 0.256 e. The first-order valence-corrected chi connectivity index (χ1v) is 9.65. The van der Waals surface area contributed by atoms with Gasteiger partial charge >= 0.3 is 0 Å². The fourth-order valence-corrected chi connectivity index (χ4v) is 3.29. The first-order chi connectivity index (χ1) is 11.9. The molecule has 0 bridgehead atoms. The van der Waals surface area contributed by atoms with Crippen LogP contribution in [0.3, 0.4) is 0 Å². The Morgan fingerprint density at radius 2 is 2.28 bits per heavy atom. The van der Waals surface area contributed by atoms with Crippen LogP contribution in [0, 0.1) is 10.7 Å². The summed E-state index contributed by atoms with van der Waals surface area (Å²) < 4.78 is 8.54. The molecule has 1 aromatic rings. The van der Waals surface area contributed by atoms with Gasteiger partial charge in [0.1, 0.15) is 6.23 Å². The highest BCUT2D eigenvalue weighted by molar-refractivity contribution is 7.71. The van der Waals surface area contributed by atoms with E-state index in [1.165, 1.54) is 12.0 Å². The molecule has 0 radical (unpaired) electrons. The van der Waals surface area contributed by atoms with Crippen molar-refractivity contribution in [1.82, 2.24) is 14.9 Å². The molecule has 2 heterocycles. The standard InChI is InChI=1S/C19H31N3O2S/c1-5-14(4)10-16-6-7-17(24-16)22-12-15(18(23)21-19(22)25)11-20-9-8-13(2)3/h8,12,14,16-17,20H,5-7,9-11H2,1-4H3,(H,21,23,25)/t14?,16?,17-/m1/s1. The van der Waals surface area contributed by atoms with Crippen LogP contribution in [0.15, 0.2) is 22.6 Å². The van der Waals surface area contributed by atoms with Crippen molar-refractivity contribution in [2.24, 2.45) is 5.92 Å². The molecule has 0 amide bonds. The summed E-state index contributed by atoms with van der Waals surface area (Å²) in [5, 5.41) is 3.27. The molecule has 5 nitrogen and oxygen atoms in total. The average Bonchev–Trinajstić information content (AvgIpc) is 3.01. The van der Waals surface area contributed by atoms with E-state index in [9.17, 15) is 4.79 Å². The first-order valence-electron chi connectivity index (χ1n) is 9.24. The molecule has 0 saturated carbocycles. The Morgan fingerprint density at radius 3 is 2.96 bits per heavy atom. The third kappa shape index (κ3) is 5.90. The zero-order valence-electron chi connectivity index (χ0n) is 15.8. The van der Waals surface area contributed by atoms with Gasteiger partial charge in [-0.15, -0.1) is 0 Å². The van der Waals surface area contributed by atoms with Gasteiger partial charge in [-0.1, -0.05) is 31.9 Å². The van der Waals surface area contributed by atoms with Gasteiger partial charge < -0.3 is 10.1 Å². The van der Waals surface area contributed by atoms with Gasteiger partial charge in [0.15, 0.2) is 4.77 Å². The molecule has 0 aliphatic carbocycles. The zero-order valence-corrected chi connectivity index (χ0v) is 16.6. The number of nitrogens with one attached hydrogen (secondary N) is 2. The molecular formula is C19H31N3O2S. The number of hydrogen-bond donors (Lipinski definition) is 2. The molecule has 25 heavy (non-hydrogen) atoms. The second-order valence-corrected chi connectivity index (χ2v) is 7.66. The molecule has 1 aliphatic rings. The normalized spacial score (nSPS) is 21.3. The number of H-pyrrole nitrogens is 1. The first kappa shape index (κ1) is 20.1. The maximum absolute atomic E-state index is 12.2. The van der Waals surface area contributed by atoms with Gasteiger partial charge in [-0.3, -0.25) is 14.3 Å². The lowest BCUT2D eigenvalue weighted by atomic mass is 10.00. The lowest BCUT2D eigenvalue weighted by Gasteiger charge is -2.19. The number of aromatic nitrogens is 2. The van der Waals surface area contributed by atoms with Crippen LogP contribution in [-0.2, 0) is 11.3 Å². The summed E-state index contributed by atoms with van der Waals surface area (Å²) in [5.74, 6) is 0.669. The Kier molecular flexibility index (Phi) is 7.59. The highest BCUT2D eigenvalue weighted by Gasteiger charge is 2.27. The summed E-state index contributed by atoms with van der Waals surface area (Å²) in [5.41, 5.74) is 1.81. The SMILES string of the molecule is CCC(C)CC1CC[C@H](n2cc(CNCC=C(C)C)c(=O)[nH]c2=S)O1. The van der Waals surface area contributed by atoms with Crippen LogP contribution in [0.5, 0.6) is 0 Å². The summed E-state index contributed by atoms with van der Waals surface area (Å²) in [4.78, 5) is 14.9. The third-order valence-corrected chi connectivity index (χ3v) is 5.08. The van der Waals surface area contributed by atoms with E-state index in [0.717, 1.165) is 25.8 Å². The molecule has 1 aliphatic heterocycles. The fourth-order valence-electron chi connectivity index (χ4n) is 3.03. The van der Waals surface area contributed by atoms with Crippen molar-refractivity contribution in [3.05, 3.63) is 38.5 Å². The fraction of sp³-hybridized carbons (Fsp3) is 0.684. The number of hydrogen-bond acceptors (Lipinski definition) is 4. The second kappa shape index (κ2) is 9.46. The largest absolute Gasteiger partial charge is 0.355 e. The molecule has 0 spiro atoms. The summed E-state index contributed by atoms with van der Waals surface area (Å²) in [6.07, 6.45) is 8.40. The van der Waals surface area contributed by atoms with Crippen LogP contribution in [0.25, 0.3) is 0 Å². The van der Waals surface area contributed by atoms with Crippen molar-refractivity contribution in [1.29, 1.82) is 0 Å². The van der Waals surface area contributed by atoms with Gasteiger partial charge in [0.2, 0.25) is 0 Å². The van der Waals surface area contributed by atoms with E-state index >= 15 is 0 Å². The minimum Gasteiger partial charge on any atom is -0.355 e. The molecule has 3 atom stereocenters. The van der Waals surface area contributed by atoms with Crippen molar-refractivity contribution in [2.45, 2.75) is 72.3 Å². The van der Waals surface area contributed by atoms with E-state index in [4.69, 9.17) is 17.0 Å². The van der Waals surface area contributed by atoms with Gasteiger partial charge in [-0.2, -0.15) is 0 Å². The van der Waals surface area contributed by atoms with E-state index in [2.05, 4.69) is 44.1 Å². The van der Waals surface area contributed by atoms with E-state index in [0.29, 0.717) is 22.8 Å². The Hall–Kier alpha value is -1.24. The number of rotatable bonds is 8. The number of nitrogens with zero attached hydrogens (tertiary/aromatic N) is 1. The average molecular weight is 366 g/mol. The van der Waals surface area contributed by atoms with Crippen molar-refractivity contribution < 1.29 is 4.74 Å². The minimum atomic E-state index is -0.125. The van der Waals surface area contributed by atoms with Crippen LogP contribution < -0.4 is 10.9 Å². The zero-order chi connectivity index (χ0) is 18.4. The van der Waals surface area contributed by atoms with Crippen LogP contribution in [-0.4, -0.2) is 22.2 Å². The van der Waals surface area contributed by atoms with Gasteiger partial charge in [0.05, 0.1) is 6.10 Å². The number of ether oxygens (including phenoxy) is 1. The van der Waals surface area contributed by atoms with Crippen molar-refractivity contribution >= 4 is 12.2 Å². The maximum atomic E-state index is 12.2. The molecular weight excluding hydrogens is 334 g/mol. The quantitative estimate of drug-likeness (QED) is 0.414. The summed E-state index contributed by atoms with van der Waals surface area (Å²) in [7, 11) is 0. The Balaban J connectivity index is 2.06. The predicted molar refractivity (Wildman–Crippen MR) is 104 cm³/mol. The molecule has 1 aromatic heterocycles. The second-order valence-electron chi connectivity index (χ2n) is 7.27.